The van der Waals surface area contributed by atoms with E-state index in [2.05, 4.69) is 33.7 Å². The first kappa shape index (κ1) is 12.8. The lowest BCUT2D eigenvalue weighted by Gasteiger charge is -2.23. The minimum Gasteiger partial charge on any atom is -0.338 e. The van der Waals surface area contributed by atoms with Gasteiger partial charge in [0.05, 0.1) is 0 Å². The monoisotopic (exact) mass is 274 g/mol. The number of hydrogen-bond donors (Lipinski definition) is 0. The van der Waals surface area contributed by atoms with Crippen LogP contribution in [0.5, 0.6) is 0 Å². The molecule has 1 saturated carbocycles. The highest BCUT2D eigenvalue weighted by Crippen LogP contribution is 2.30. The van der Waals surface area contributed by atoms with Crippen LogP contribution in [-0.2, 0) is 0 Å². The quantitative estimate of drug-likeness (QED) is 0.827. The molecule has 1 aliphatic rings. The van der Waals surface area contributed by atoms with Crippen molar-refractivity contribution in [1.82, 2.24) is 15.0 Å². The molecule has 0 aliphatic heterocycles. The highest BCUT2D eigenvalue weighted by atomic mass is 35.5. The fourth-order valence-electron chi connectivity index (χ4n) is 1.67. The third-order valence-corrected chi connectivity index (χ3v) is 3.10. The highest BCUT2D eigenvalue weighted by molar-refractivity contribution is 6.31. The van der Waals surface area contributed by atoms with Crippen molar-refractivity contribution < 1.29 is 0 Å². The van der Waals surface area contributed by atoms with Gasteiger partial charge in [0, 0.05) is 12.6 Å². The smallest absolute Gasteiger partial charge is 0.231 e. The Morgan fingerprint density at radius 2 is 1.76 bits per heavy atom. The van der Waals surface area contributed by atoms with Crippen molar-refractivity contribution in [2.75, 3.05) is 11.4 Å². The summed E-state index contributed by atoms with van der Waals surface area (Å²) >= 11 is 11.6. The molecule has 1 aromatic rings. The van der Waals surface area contributed by atoms with Gasteiger partial charge in [0.1, 0.15) is 0 Å². The Hall–Kier alpha value is -0.610. The van der Waals surface area contributed by atoms with Gasteiger partial charge in [-0.3, -0.25) is 0 Å². The molecule has 1 aromatic heterocycles. The average molecular weight is 275 g/mol. The van der Waals surface area contributed by atoms with E-state index in [9.17, 15) is 0 Å². The first-order valence-electron chi connectivity index (χ1n) is 5.90. The molecule has 1 fully saturated rings. The predicted molar refractivity (Wildman–Crippen MR) is 69.7 cm³/mol. The number of nitrogens with zero attached hydrogens (tertiary/aromatic N) is 4. The van der Waals surface area contributed by atoms with E-state index in [1.54, 1.807) is 0 Å². The van der Waals surface area contributed by atoms with Crippen molar-refractivity contribution in [3.05, 3.63) is 10.6 Å². The summed E-state index contributed by atoms with van der Waals surface area (Å²) in [7, 11) is 0. The summed E-state index contributed by atoms with van der Waals surface area (Å²) in [5, 5.41) is 0.324. The Kier molecular flexibility index (Phi) is 4.05. The molecule has 0 spiro atoms. The zero-order chi connectivity index (χ0) is 12.4. The molecule has 6 heteroatoms. The topological polar surface area (TPSA) is 41.9 Å². The van der Waals surface area contributed by atoms with E-state index < -0.39 is 0 Å². The molecule has 0 unspecified atom stereocenters. The van der Waals surface area contributed by atoms with Crippen LogP contribution in [0, 0.1) is 5.92 Å². The van der Waals surface area contributed by atoms with Crippen molar-refractivity contribution in [3.8, 4) is 0 Å². The molecule has 0 radical (unpaired) electrons. The predicted octanol–water partition coefficient (Wildman–Crippen LogP) is 3.19. The van der Waals surface area contributed by atoms with Crippen LogP contribution in [-0.4, -0.2) is 27.5 Å². The zero-order valence-electron chi connectivity index (χ0n) is 10.0. The summed E-state index contributed by atoms with van der Waals surface area (Å²) in [6.07, 6.45) is 3.50. The van der Waals surface area contributed by atoms with Gasteiger partial charge >= 0.3 is 0 Å². The number of rotatable bonds is 5. The summed E-state index contributed by atoms with van der Waals surface area (Å²) in [6, 6.07) is 0.545. The van der Waals surface area contributed by atoms with E-state index >= 15 is 0 Å². The van der Waals surface area contributed by atoms with E-state index in [1.165, 1.54) is 12.8 Å². The van der Waals surface area contributed by atoms with E-state index in [1.807, 2.05) is 0 Å². The maximum atomic E-state index is 5.81. The molecule has 94 valence electrons. The second kappa shape index (κ2) is 5.36. The molecule has 0 N–H and O–H groups in total. The van der Waals surface area contributed by atoms with E-state index in [0.717, 1.165) is 13.0 Å². The molecule has 4 nitrogen and oxygen atoms in total. The second-order valence-corrected chi connectivity index (χ2v) is 5.46. The third-order valence-electron chi connectivity index (χ3n) is 2.76. The Morgan fingerprint density at radius 1 is 1.18 bits per heavy atom. The van der Waals surface area contributed by atoms with Crippen molar-refractivity contribution >= 4 is 29.2 Å². The Balaban J connectivity index is 2.14. The number of halogens is 2. The molecule has 1 aliphatic carbocycles. The van der Waals surface area contributed by atoms with Crippen molar-refractivity contribution in [1.29, 1.82) is 0 Å². The van der Waals surface area contributed by atoms with Crippen LogP contribution >= 0.6 is 23.2 Å². The molecule has 0 aromatic carbocycles. The van der Waals surface area contributed by atoms with Crippen molar-refractivity contribution in [3.63, 3.8) is 0 Å². The highest BCUT2D eigenvalue weighted by Gasteiger charge is 2.31. The zero-order valence-corrected chi connectivity index (χ0v) is 11.5. The number of hydrogen-bond acceptors (Lipinski definition) is 4. The Labute approximate surface area is 111 Å². The number of anilines is 1. The van der Waals surface area contributed by atoms with Gasteiger partial charge in [0.25, 0.3) is 0 Å². The first-order valence-corrected chi connectivity index (χ1v) is 6.65. The fourth-order valence-corrected chi connectivity index (χ4v) is 2.03. The van der Waals surface area contributed by atoms with Gasteiger partial charge in [-0.25, -0.2) is 0 Å². The van der Waals surface area contributed by atoms with Crippen molar-refractivity contribution in [2.24, 2.45) is 5.92 Å². The van der Waals surface area contributed by atoms with Crippen LogP contribution < -0.4 is 4.90 Å². The van der Waals surface area contributed by atoms with Gasteiger partial charge in [0.2, 0.25) is 16.5 Å². The summed E-state index contributed by atoms with van der Waals surface area (Å²) in [5.41, 5.74) is 0. The summed E-state index contributed by atoms with van der Waals surface area (Å²) < 4.78 is 0. The Bertz CT molecular complexity index is 373. The fraction of sp³-hybridized carbons (Fsp3) is 0.727. The molecule has 2 rings (SSSR count). The maximum Gasteiger partial charge on any atom is 0.231 e. The lowest BCUT2D eigenvalue weighted by Crippen LogP contribution is -2.29. The molecular weight excluding hydrogens is 259 g/mol. The molecule has 0 amide bonds. The van der Waals surface area contributed by atoms with Gasteiger partial charge in [-0.1, -0.05) is 13.8 Å². The van der Waals surface area contributed by atoms with Crippen LogP contribution in [0.3, 0.4) is 0 Å². The van der Waals surface area contributed by atoms with Gasteiger partial charge in [-0.05, 0) is 48.4 Å². The van der Waals surface area contributed by atoms with Crippen LogP contribution in [0.1, 0.15) is 33.1 Å². The maximum absolute atomic E-state index is 5.81. The second-order valence-electron chi connectivity index (χ2n) is 4.78. The molecule has 0 bridgehead atoms. The molecule has 1 heterocycles. The van der Waals surface area contributed by atoms with Gasteiger partial charge in [-0.15, -0.1) is 0 Å². The van der Waals surface area contributed by atoms with Gasteiger partial charge in [0.15, 0.2) is 0 Å². The molecule has 17 heavy (non-hydrogen) atoms. The van der Waals surface area contributed by atoms with Crippen LogP contribution in [0.4, 0.5) is 5.95 Å². The van der Waals surface area contributed by atoms with Crippen LogP contribution in [0.25, 0.3) is 0 Å². The summed E-state index contributed by atoms with van der Waals surface area (Å²) in [5.74, 6) is 1.27. The number of aromatic nitrogens is 3. The summed E-state index contributed by atoms with van der Waals surface area (Å²) in [4.78, 5) is 14.3. The molecule has 0 saturated heterocycles. The molecule has 0 atom stereocenters. The van der Waals surface area contributed by atoms with Crippen LogP contribution in [0.15, 0.2) is 0 Å². The van der Waals surface area contributed by atoms with E-state index in [-0.39, 0.29) is 10.6 Å². The van der Waals surface area contributed by atoms with E-state index in [4.69, 9.17) is 23.2 Å². The van der Waals surface area contributed by atoms with Gasteiger partial charge < -0.3 is 4.90 Å². The summed E-state index contributed by atoms with van der Waals surface area (Å²) in [6.45, 7) is 5.36. The third kappa shape index (κ3) is 3.68. The lowest BCUT2D eigenvalue weighted by atomic mass is 10.1. The average Bonchev–Trinajstić information content (AvgIpc) is 3.00. The Morgan fingerprint density at radius 3 is 2.24 bits per heavy atom. The first-order chi connectivity index (χ1) is 8.06. The largest absolute Gasteiger partial charge is 0.338 e. The van der Waals surface area contributed by atoms with E-state index in [0.29, 0.717) is 17.9 Å². The van der Waals surface area contributed by atoms with Crippen molar-refractivity contribution in [2.45, 2.75) is 39.2 Å². The lowest BCUT2D eigenvalue weighted by molar-refractivity contribution is 0.565. The minimum atomic E-state index is 0.162. The normalized spacial score (nSPS) is 15.4. The van der Waals surface area contributed by atoms with Gasteiger partial charge in [-0.2, -0.15) is 15.0 Å². The SMILES string of the molecule is CC(C)CCN(c1nc(Cl)nc(Cl)n1)C1CC1. The standard InChI is InChI=1S/C11H16Cl2N4/c1-7(2)5-6-17(8-3-4-8)11-15-9(12)14-10(13)16-11/h7-8H,3-6H2,1-2H3. The van der Waals surface area contributed by atoms with Crippen LogP contribution in [0.2, 0.25) is 10.6 Å². The minimum absolute atomic E-state index is 0.162. The molecular formula is C11H16Cl2N4.